The van der Waals surface area contributed by atoms with Crippen molar-refractivity contribution in [1.82, 2.24) is 0 Å². The maximum atomic E-state index is 13.1. The molecule has 0 radical (unpaired) electrons. The van der Waals surface area contributed by atoms with Crippen LogP contribution >= 0.6 is 15.6 Å². The molecule has 0 aromatic carbocycles. The van der Waals surface area contributed by atoms with Crippen molar-refractivity contribution >= 4 is 39.5 Å². The van der Waals surface area contributed by atoms with Gasteiger partial charge in [0.1, 0.15) is 19.3 Å². The molecule has 0 aliphatic heterocycles. The van der Waals surface area contributed by atoms with Crippen LogP contribution in [0.5, 0.6) is 0 Å². The maximum absolute atomic E-state index is 13.1. The molecule has 0 saturated carbocycles. The van der Waals surface area contributed by atoms with Crippen molar-refractivity contribution in [3.05, 3.63) is 0 Å². The summed E-state index contributed by atoms with van der Waals surface area (Å²) in [5, 5.41) is 10.7. The highest BCUT2D eigenvalue weighted by atomic mass is 31.2. The minimum Gasteiger partial charge on any atom is -0.462 e. The molecule has 0 heterocycles. The van der Waals surface area contributed by atoms with E-state index in [1.54, 1.807) is 0 Å². The molecule has 0 spiro atoms. The number of ether oxygens (including phenoxy) is 4. The number of esters is 4. The standard InChI is InChI=1S/C84H164O17P2/c1-9-77(8)63-55-47-42-43-49-57-65-82(87)95-71-80(101-84(89)66-58-50-40-34-28-21-17-13-11-15-19-25-31-37-45-53-61-75(4)5)73-99-103(92,93)97-69-78(85)68-96-102(90,91)98-72-79(100-83(88)67-59-51-41-35-29-23-22-26-32-38-46-54-62-76(6)7)70-94-81(86)64-56-48-39-33-27-20-16-12-10-14-18-24-30-36-44-52-60-74(2)3/h74-80,85H,9-73H2,1-8H3,(H,90,91)(H,92,93)/t77?,78-,79-,80-/m1/s1. The van der Waals surface area contributed by atoms with E-state index in [9.17, 15) is 43.2 Å². The molecule has 0 amide bonds. The van der Waals surface area contributed by atoms with E-state index in [1.165, 1.54) is 231 Å². The summed E-state index contributed by atoms with van der Waals surface area (Å²) in [7, 11) is -9.93. The molecule has 0 saturated heterocycles. The average Bonchev–Trinajstić information content (AvgIpc) is 0.909. The molecule has 612 valence electrons. The Hall–Kier alpha value is -1.94. The summed E-state index contributed by atoms with van der Waals surface area (Å²) in [5.41, 5.74) is 0. The highest BCUT2D eigenvalue weighted by Gasteiger charge is 2.30. The monoisotopic (exact) mass is 1510 g/mol. The van der Waals surface area contributed by atoms with Crippen molar-refractivity contribution < 1.29 is 80.2 Å². The van der Waals surface area contributed by atoms with Crippen molar-refractivity contribution in [1.29, 1.82) is 0 Å². The Morgan fingerprint density at radius 1 is 0.272 bits per heavy atom. The molecule has 3 N–H and O–H groups in total. The van der Waals surface area contributed by atoms with Gasteiger partial charge in [0.25, 0.3) is 0 Å². The fourth-order valence-corrected chi connectivity index (χ4v) is 14.5. The van der Waals surface area contributed by atoms with E-state index in [1.807, 2.05) is 0 Å². The first-order valence-electron chi connectivity index (χ1n) is 43.2. The van der Waals surface area contributed by atoms with Gasteiger partial charge < -0.3 is 33.8 Å². The summed E-state index contributed by atoms with van der Waals surface area (Å²) in [5.74, 6) is 1.02. The lowest BCUT2D eigenvalue weighted by molar-refractivity contribution is -0.161. The number of carbonyl (C=O) groups excluding carboxylic acids is 4. The van der Waals surface area contributed by atoms with E-state index < -0.39 is 97.5 Å². The third-order valence-electron chi connectivity index (χ3n) is 19.9. The zero-order chi connectivity index (χ0) is 76.0. The van der Waals surface area contributed by atoms with E-state index in [-0.39, 0.29) is 25.7 Å². The van der Waals surface area contributed by atoms with Gasteiger partial charge in [0.05, 0.1) is 26.4 Å². The third-order valence-corrected chi connectivity index (χ3v) is 21.8. The van der Waals surface area contributed by atoms with Crippen LogP contribution in [0.1, 0.15) is 434 Å². The maximum Gasteiger partial charge on any atom is 0.472 e. The van der Waals surface area contributed by atoms with Gasteiger partial charge in [-0.1, -0.05) is 383 Å². The number of phosphoric ester groups is 2. The lowest BCUT2D eigenvalue weighted by Crippen LogP contribution is -2.30. The van der Waals surface area contributed by atoms with Gasteiger partial charge in [-0.3, -0.25) is 37.3 Å². The van der Waals surface area contributed by atoms with Crippen LogP contribution < -0.4 is 0 Å². The van der Waals surface area contributed by atoms with Crippen LogP contribution in [-0.2, 0) is 65.4 Å². The van der Waals surface area contributed by atoms with Gasteiger partial charge in [0.15, 0.2) is 12.2 Å². The number of unbranched alkanes of at least 4 members (excludes halogenated alkanes) is 46. The smallest absolute Gasteiger partial charge is 0.462 e. The zero-order valence-corrected chi connectivity index (χ0v) is 69.7. The highest BCUT2D eigenvalue weighted by Crippen LogP contribution is 2.45. The number of aliphatic hydroxyl groups excluding tert-OH is 1. The van der Waals surface area contributed by atoms with Gasteiger partial charge in [0.2, 0.25) is 0 Å². The predicted octanol–water partition coefficient (Wildman–Crippen LogP) is 25.2. The van der Waals surface area contributed by atoms with Gasteiger partial charge >= 0.3 is 39.5 Å². The summed E-state index contributed by atoms with van der Waals surface area (Å²) in [6.07, 6.45) is 61.1. The Bertz CT molecular complexity index is 2010. The van der Waals surface area contributed by atoms with Gasteiger partial charge in [0, 0.05) is 25.7 Å². The van der Waals surface area contributed by atoms with E-state index >= 15 is 0 Å². The molecular formula is C84H164O17P2. The van der Waals surface area contributed by atoms with Gasteiger partial charge in [-0.25, -0.2) is 9.13 Å². The predicted molar refractivity (Wildman–Crippen MR) is 423 cm³/mol. The molecule has 0 aromatic rings. The molecule has 17 nitrogen and oxygen atoms in total. The van der Waals surface area contributed by atoms with Crippen LogP contribution in [0.3, 0.4) is 0 Å². The molecule has 0 aliphatic carbocycles. The largest absolute Gasteiger partial charge is 0.472 e. The first-order chi connectivity index (χ1) is 49.6. The van der Waals surface area contributed by atoms with Gasteiger partial charge in [-0.05, 0) is 49.4 Å². The molecular weight excluding hydrogens is 1340 g/mol. The molecule has 19 heteroatoms. The zero-order valence-electron chi connectivity index (χ0n) is 68.0. The van der Waals surface area contributed by atoms with Crippen molar-refractivity contribution in [2.24, 2.45) is 23.7 Å². The Morgan fingerprint density at radius 3 is 0.689 bits per heavy atom. The Labute approximate surface area is 632 Å². The molecule has 103 heavy (non-hydrogen) atoms. The number of rotatable bonds is 81. The van der Waals surface area contributed by atoms with Crippen molar-refractivity contribution in [3.8, 4) is 0 Å². The lowest BCUT2D eigenvalue weighted by atomic mass is 10.00. The second-order valence-electron chi connectivity index (χ2n) is 31.9. The topological polar surface area (TPSA) is 237 Å². The Balaban J connectivity index is 5.22. The van der Waals surface area contributed by atoms with Crippen LogP contribution in [0, 0.1) is 23.7 Å². The number of phosphoric acid groups is 2. The summed E-state index contributed by atoms with van der Waals surface area (Å²) in [6.45, 7) is 14.3. The Kier molecular flexibility index (Phi) is 71.5. The first kappa shape index (κ1) is 101. The second-order valence-corrected chi connectivity index (χ2v) is 34.8. The third kappa shape index (κ3) is 76.6. The van der Waals surface area contributed by atoms with Crippen molar-refractivity contribution in [2.45, 2.75) is 453 Å². The van der Waals surface area contributed by atoms with E-state index in [0.717, 1.165) is 120 Å². The molecule has 0 aliphatic rings. The van der Waals surface area contributed by atoms with Gasteiger partial charge in [-0.15, -0.1) is 0 Å². The summed E-state index contributed by atoms with van der Waals surface area (Å²) >= 11 is 0. The minimum absolute atomic E-state index is 0.107. The molecule has 0 fully saturated rings. The number of hydrogen-bond donors (Lipinski definition) is 3. The normalized spacial score (nSPS) is 14.2. The number of carbonyl (C=O) groups is 4. The fraction of sp³-hybridized carbons (Fsp3) is 0.952. The average molecular weight is 1510 g/mol. The molecule has 6 atom stereocenters. The molecule has 3 unspecified atom stereocenters. The molecule has 0 rings (SSSR count). The first-order valence-corrected chi connectivity index (χ1v) is 46.2. The second kappa shape index (κ2) is 72.9. The number of aliphatic hydroxyl groups is 1. The van der Waals surface area contributed by atoms with Crippen LogP contribution in [0.4, 0.5) is 0 Å². The minimum atomic E-state index is -4.96. The quantitative estimate of drug-likeness (QED) is 0.0222. The van der Waals surface area contributed by atoms with Crippen LogP contribution in [0.2, 0.25) is 0 Å². The van der Waals surface area contributed by atoms with Crippen molar-refractivity contribution in [2.75, 3.05) is 39.6 Å². The summed E-state index contributed by atoms with van der Waals surface area (Å²) < 4.78 is 68.8. The number of hydrogen-bond acceptors (Lipinski definition) is 15. The SMILES string of the molecule is CCC(C)CCCCCCCCC(=O)OC[C@H](COP(=O)(O)OC[C@H](O)COP(=O)(O)OC[C@@H](COC(=O)CCCCCCCCCCCCCCCCCCC(C)C)OC(=O)CCCCCCCCCCCCCCC(C)C)OC(=O)CCCCCCCCCCCCCCCCCCC(C)C. The van der Waals surface area contributed by atoms with Crippen LogP contribution in [0.25, 0.3) is 0 Å². The van der Waals surface area contributed by atoms with Gasteiger partial charge in [-0.2, -0.15) is 0 Å². The van der Waals surface area contributed by atoms with Crippen molar-refractivity contribution in [3.63, 3.8) is 0 Å². The summed E-state index contributed by atoms with van der Waals surface area (Å²) in [6, 6.07) is 0. The highest BCUT2D eigenvalue weighted by molar-refractivity contribution is 7.47. The molecule has 0 aromatic heterocycles. The fourth-order valence-electron chi connectivity index (χ4n) is 12.9. The van der Waals surface area contributed by atoms with E-state index in [4.69, 9.17) is 37.0 Å². The Morgan fingerprint density at radius 2 is 0.466 bits per heavy atom. The lowest BCUT2D eigenvalue weighted by Gasteiger charge is -2.21. The van der Waals surface area contributed by atoms with Crippen LogP contribution in [-0.4, -0.2) is 96.7 Å². The molecule has 0 bridgehead atoms. The van der Waals surface area contributed by atoms with E-state index in [2.05, 4.69) is 55.4 Å². The van der Waals surface area contributed by atoms with Crippen LogP contribution in [0.15, 0.2) is 0 Å². The van der Waals surface area contributed by atoms with E-state index in [0.29, 0.717) is 25.7 Å². The summed E-state index contributed by atoms with van der Waals surface area (Å²) in [4.78, 5) is 73.1.